The van der Waals surface area contributed by atoms with Crippen LogP contribution in [0.3, 0.4) is 0 Å². The third kappa shape index (κ3) is 7.19. The van der Waals surface area contributed by atoms with Crippen molar-refractivity contribution < 1.29 is 24.2 Å². The molecule has 37 heavy (non-hydrogen) atoms. The van der Waals surface area contributed by atoms with Crippen LogP contribution in [-0.4, -0.2) is 62.6 Å². The van der Waals surface area contributed by atoms with Gasteiger partial charge in [-0.15, -0.1) is 0 Å². The van der Waals surface area contributed by atoms with Crippen molar-refractivity contribution in [3.8, 4) is 6.07 Å². The van der Waals surface area contributed by atoms with E-state index in [1.807, 2.05) is 36.0 Å². The van der Waals surface area contributed by atoms with Crippen molar-refractivity contribution >= 4 is 12.9 Å². The Morgan fingerprint density at radius 3 is 2.57 bits per heavy atom. The molecule has 11 heteroatoms. The van der Waals surface area contributed by atoms with Crippen molar-refractivity contribution in [2.24, 2.45) is 5.92 Å². The van der Waals surface area contributed by atoms with Gasteiger partial charge in [-0.05, 0) is 43.1 Å². The highest BCUT2D eigenvalue weighted by Gasteiger charge is 2.35. The zero-order chi connectivity index (χ0) is 26.8. The van der Waals surface area contributed by atoms with Crippen LogP contribution in [0.5, 0.6) is 0 Å². The van der Waals surface area contributed by atoms with Gasteiger partial charge in [0, 0.05) is 68.2 Å². The molecule has 0 unspecified atom stereocenters. The first kappa shape index (κ1) is 27.4. The number of piperidine rings is 1. The normalized spacial score (nSPS) is 17.9. The van der Waals surface area contributed by atoms with Crippen molar-refractivity contribution in [3.63, 3.8) is 0 Å². The summed E-state index contributed by atoms with van der Waals surface area (Å²) in [7, 11) is 2.03. The molecule has 0 amide bonds. The summed E-state index contributed by atoms with van der Waals surface area (Å²) in [5, 5.41) is 22.8. The number of nitrogens with zero attached hydrogens (tertiary/aromatic N) is 4. The number of pyridine rings is 1. The van der Waals surface area contributed by atoms with Gasteiger partial charge in [0.2, 0.25) is 0 Å². The van der Waals surface area contributed by atoms with Crippen LogP contribution in [0.1, 0.15) is 40.4 Å². The molecule has 3 aromatic heterocycles. The van der Waals surface area contributed by atoms with Crippen molar-refractivity contribution in [2.75, 3.05) is 20.1 Å². The average Bonchev–Trinajstić information content (AvgIpc) is 3.54. The summed E-state index contributed by atoms with van der Waals surface area (Å²) in [5.41, 5.74) is 5.03. The Hall–Kier alpha value is -4.14. The number of aromatic amines is 1. The van der Waals surface area contributed by atoms with E-state index in [-0.39, 0.29) is 18.5 Å². The number of nitriles is 1. The minimum atomic E-state index is -0.250. The number of hydrogen-bond donors (Lipinski definition) is 3. The molecule has 5 heterocycles. The Morgan fingerprint density at radius 1 is 1.16 bits per heavy atom. The van der Waals surface area contributed by atoms with E-state index in [0.717, 1.165) is 55.8 Å². The number of likely N-dealkylation sites (tertiary alicyclic amines) is 1. The van der Waals surface area contributed by atoms with Gasteiger partial charge in [0.1, 0.15) is 11.8 Å². The topological polar surface area (TPSA) is 156 Å². The number of rotatable bonds is 6. The van der Waals surface area contributed by atoms with E-state index < -0.39 is 0 Å². The largest absolute Gasteiger partial charge is 0.483 e. The number of aromatic nitrogens is 2. The van der Waals surface area contributed by atoms with Crippen molar-refractivity contribution in [1.82, 2.24) is 19.4 Å². The van der Waals surface area contributed by atoms with Crippen LogP contribution in [0.15, 0.2) is 52.2 Å². The standard InChI is InChI=1S/C24H27N5O2.2CH2O2/c1-27(10-17-4-5-31-16-17)14-20-2-3-23-21-6-19(13-29(23)24(20)30)12-28(15-21)11-18-7-22(8-25)26-9-18;2*2-1-3/h2-5,7,9,16,19,21,26H,6,10-15H2,1H3;2*1H,(H,2,3)/t19-,21+;;/m0../s1. The van der Waals surface area contributed by atoms with Crippen LogP contribution in [0.2, 0.25) is 0 Å². The summed E-state index contributed by atoms with van der Waals surface area (Å²) in [6.07, 6.45) is 6.50. The van der Waals surface area contributed by atoms with Gasteiger partial charge in [0.25, 0.3) is 18.5 Å². The van der Waals surface area contributed by atoms with Crippen LogP contribution in [-0.2, 0) is 35.8 Å². The fourth-order valence-corrected chi connectivity index (χ4v) is 5.23. The van der Waals surface area contributed by atoms with Crippen LogP contribution >= 0.6 is 0 Å². The van der Waals surface area contributed by atoms with E-state index in [2.05, 4.69) is 26.9 Å². The zero-order valence-corrected chi connectivity index (χ0v) is 20.6. The second-order valence-corrected chi connectivity index (χ2v) is 9.24. The lowest BCUT2D eigenvalue weighted by molar-refractivity contribution is -0.123. The first-order valence-electron chi connectivity index (χ1n) is 11.8. The highest BCUT2D eigenvalue weighted by Crippen LogP contribution is 2.35. The van der Waals surface area contributed by atoms with E-state index >= 15 is 0 Å². The number of nitrogens with one attached hydrogen (secondary N) is 1. The smallest absolute Gasteiger partial charge is 0.290 e. The molecule has 196 valence electrons. The van der Waals surface area contributed by atoms with E-state index in [1.54, 1.807) is 12.5 Å². The molecule has 0 spiro atoms. The van der Waals surface area contributed by atoms with E-state index in [4.69, 9.17) is 29.5 Å². The summed E-state index contributed by atoms with van der Waals surface area (Å²) in [5.74, 6) is 0.865. The molecule has 0 radical (unpaired) electrons. The molecule has 1 fully saturated rings. The maximum Gasteiger partial charge on any atom is 0.290 e. The second kappa shape index (κ2) is 13.2. The van der Waals surface area contributed by atoms with Gasteiger partial charge in [-0.1, -0.05) is 6.07 Å². The molecule has 11 nitrogen and oxygen atoms in total. The number of H-pyrrole nitrogens is 1. The zero-order valence-electron chi connectivity index (χ0n) is 20.6. The number of furan rings is 1. The summed E-state index contributed by atoms with van der Waals surface area (Å²) in [4.78, 5) is 37.6. The van der Waals surface area contributed by atoms with Crippen LogP contribution in [0, 0.1) is 17.2 Å². The third-order valence-electron chi connectivity index (χ3n) is 6.50. The minimum Gasteiger partial charge on any atom is -0.483 e. The Morgan fingerprint density at radius 2 is 1.92 bits per heavy atom. The van der Waals surface area contributed by atoms with Gasteiger partial charge in [-0.2, -0.15) is 5.26 Å². The van der Waals surface area contributed by atoms with Crippen LogP contribution in [0.25, 0.3) is 0 Å². The molecule has 0 saturated carbocycles. The predicted molar refractivity (Wildman–Crippen MR) is 134 cm³/mol. The lowest BCUT2D eigenvalue weighted by atomic mass is 9.83. The van der Waals surface area contributed by atoms with Crippen LogP contribution < -0.4 is 5.56 Å². The Labute approximate surface area is 214 Å². The quantitative estimate of drug-likeness (QED) is 0.424. The molecular formula is C26H31N5O6. The number of hydrogen-bond acceptors (Lipinski definition) is 7. The molecule has 3 N–H and O–H groups in total. The van der Waals surface area contributed by atoms with Gasteiger partial charge in [0.15, 0.2) is 0 Å². The molecule has 3 aromatic rings. The fourth-order valence-electron chi connectivity index (χ4n) is 5.23. The summed E-state index contributed by atoms with van der Waals surface area (Å²) in [6.45, 7) is 4.44. The first-order chi connectivity index (χ1) is 17.9. The van der Waals surface area contributed by atoms with Gasteiger partial charge >= 0.3 is 0 Å². The molecular weight excluding hydrogens is 478 g/mol. The number of carbonyl (C=O) groups is 2. The van der Waals surface area contributed by atoms with Gasteiger partial charge < -0.3 is 24.2 Å². The second-order valence-electron chi connectivity index (χ2n) is 9.24. The van der Waals surface area contributed by atoms with Crippen molar-refractivity contribution in [3.05, 3.63) is 81.4 Å². The van der Waals surface area contributed by atoms with Crippen molar-refractivity contribution in [2.45, 2.75) is 38.5 Å². The SMILES string of the molecule is CN(Cc1ccoc1)Cc1ccc2n(c1=O)C[C@H]1C[C@@H]2CN(Cc2c[nH]c(C#N)c2)C1.O=CO.O=CO. The third-order valence-corrected chi connectivity index (χ3v) is 6.50. The molecule has 0 aliphatic carbocycles. The molecule has 2 aliphatic rings. The Bertz CT molecular complexity index is 1250. The minimum absolute atomic E-state index is 0.156. The first-order valence-corrected chi connectivity index (χ1v) is 11.8. The molecule has 2 atom stereocenters. The highest BCUT2D eigenvalue weighted by molar-refractivity contribution is 5.33. The number of fused-ring (bicyclic) bond motifs is 4. The van der Waals surface area contributed by atoms with E-state index in [1.165, 1.54) is 5.69 Å². The monoisotopic (exact) mass is 509 g/mol. The van der Waals surface area contributed by atoms with E-state index in [0.29, 0.717) is 24.1 Å². The summed E-state index contributed by atoms with van der Waals surface area (Å²) >= 11 is 0. The molecule has 5 rings (SSSR count). The van der Waals surface area contributed by atoms with Gasteiger partial charge in [-0.3, -0.25) is 24.2 Å². The Kier molecular flexibility index (Phi) is 9.83. The van der Waals surface area contributed by atoms with Crippen LogP contribution in [0.4, 0.5) is 0 Å². The summed E-state index contributed by atoms with van der Waals surface area (Å²) in [6, 6.07) is 10.2. The van der Waals surface area contributed by atoms with E-state index in [9.17, 15) is 4.79 Å². The molecule has 1 saturated heterocycles. The predicted octanol–water partition coefficient (Wildman–Crippen LogP) is 2.29. The summed E-state index contributed by atoms with van der Waals surface area (Å²) < 4.78 is 7.18. The molecule has 0 aromatic carbocycles. The maximum absolute atomic E-state index is 13.3. The van der Waals surface area contributed by atoms with Gasteiger partial charge in [-0.25, -0.2) is 0 Å². The number of carboxylic acid groups (broad SMARTS) is 2. The van der Waals surface area contributed by atoms with Gasteiger partial charge in [0.05, 0.1) is 12.5 Å². The molecule has 2 aliphatic heterocycles. The lowest BCUT2D eigenvalue weighted by Crippen LogP contribution is -2.47. The highest BCUT2D eigenvalue weighted by atomic mass is 16.3. The average molecular weight is 510 g/mol. The maximum atomic E-state index is 13.3. The molecule has 2 bridgehead atoms. The lowest BCUT2D eigenvalue weighted by Gasteiger charge is -2.43. The van der Waals surface area contributed by atoms with Crippen molar-refractivity contribution in [1.29, 1.82) is 5.26 Å². The fraction of sp³-hybridized carbons (Fsp3) is 0.385. The Balaban J connectivity index is 0.000000580.